The Morgan fingerprint density at radius 1 is 1.04 bits per heavy atom. The average Bonchev–Trinajstić information content (AvgIpc) is 2.90. The van der Waals surface area contributed by atoms with Gasteiger partial charge in [-0.05, 0) is 55.2 Å². The van der Waals surface area contributed by atoms with Gasteiger partial charge in [-0.2, -0.15) is 0 Å². The second kappa shape index (κ2) is 6.88. The lowest BCUT2D eigenvalue weighted by Crippen LogP contribution is -2.20. The summed E-state index contributed by atoms with van der Waals surface area (Å²) in [5.41, 5.74) is 4.54. The van der Waals surface area contributed by atoms with Crippen molar-refractivity contribution < 1.29 is 4.74 Å². The van der Waals surface area contributed by atoms with Gasteiger partial charge in [0.15, 0.2) is 0 Å². The van der Waals surface area contributed by atoms with Crippen LogP contribution < -0.4 is 4.74 Å². The van der Waals surface area contributed by atoms with Crippen LogP contribution in [0.4, 0.5) is 0 Å². The summed E-state index contributed by atoms with van der Waals surface area (Å²) >= 11 is 0. The van der Waals surface area contributed by atoms with E-state index in [1.165, 1.54) is 16.7 Å². The molecule has 1 aliphatic heterocycles. The summed E-state index contributed by atoms with van der Waals surface area (Å²) in [6.07, 6.45) is 7.45. The van der Waals surface area contributed by atoms with Gasteiger partial charge in [0.05, 0.1) is 12.6 Å². The molecule has 2 aromatic carbocycles. The number of methoxy groups -OCH3 is 1. The Hall–Kier alpha value is -2.61. The van der Waals surface area contributed by atoms with Gasteiger partial charge in [-0.3, -0.25) is 4.99 Å². The largest absolute Gasteiger partial charge is 0.497 e. The van der Waals surface area contributed by atoms with Crippen molar-refractivity contribution >= 4 is 17.4 Å². The van der Waals surface area contributed by atoms with Crippen LogP contribution in [-0.2, 0) is 0 Å². The van der Waals surface area contributed by atoms with Crippen LogP contribution in [0.3, 0.4) is 0 Å². The summed E-state index contributed by atoms with van der Waals surface area (Å²) in [4.78, 5) is 4.89. The molecule has 2 aromatic rings. The zero-order valence-electron chi connectivity index (χ0n) is 14.5. The molecule has 24 heavy (non-hydrogen) atoms. The van der Waals surface area contributed by atoms with Crippen molar-refractivity contribution in [1.29, 1.82) is 0 Å². The minimum atomic E-state index is -0.218. The number of nitrogens with zero attached hydrogens (tertiary/aromatic N) is 1. The summed E-state index contributed by atoms with van der Waals surface area (Å²) in [5.74, 6) is 0.876. The Labute approximate surface area is 144 Å². The Kier molecular flexibility index (Phi) is 4.66. The first-order valence-electron chi connectivity index (χ1n) is 8.25. The van der Waals surface area contributed by atoms with E-state index in [1.54, 1.807) is 7.11 Å². The molecule has 0 radical (unpaired) electrons. The van der Waals surface area contributed by atoms with Gasteiger partial charge in [0.2, 0.25) is 0 Å². The summed E-state index contributed by atoms with van der Waals surface area (Å²) in [7, 11) is 1.69. The monoisotopic (exact) mass is 317 g/mol. The van der Waals surface area contributed by atoms with E-state index >= 15 is 0 Å². The van der Waals surface area contributed by atoms with Gasteiger partial charge in [-0.15, -0.1) is 0 Å². The molecule has 122 valence electrons. The van der Waals surface area contributed by atoms with Gasteiger partial charge in [0, 0.05) is 5.71 Å². The number of hydrogen-bond donors (Lipinski definition) is 0. The highest BCUT2D eigenvalue weighted by molar-refractivity contribution is 6.05. The molecule has 0 amide bonds. The summed E-state index contributed by atoms with van der Waals surface area (Å²) < 4.78 is 5.26. The van der Waals surface area contributed by atoms with Crippen molar-refractivity contribution in [3.63, 3.8) is 0 Å². The van der Waals surface area contributed by atoms with Crippen molar-refractivity contribution in [1.82, 2.24) is 0 Å². The van der Waals surface area contributed by atoms with E-state index in [-0.39, 0.29) is 5.54 Å². The summed E-state index contributed by atoms with van der Waals surface area (Å²) in [5, 5.41) is 0. The van der Waals surface area contributed by atoms with Crippen molar-refractivity contribution in [2.45, 2.75) is 25.8 Å². The second-order valence-corrected chi connectivity index (χ2v) is 6.33. The van der Waals surface area contributed by atoms with Gasteiger partial charge in [0.25, 0.3) is 0 Å². The predicted octanol–water partition coefficient (Wildman–Crippen LogP) is 5.42. The SMILES string of the molecule is COc1ccc(C2=CC(C)=NC2(C)C/C=C/c2ccccc2)cc1. The van der Waals surface area contributed by atoms with Crippen LogP contribution >= 0.6 is 0 Å². The third-order valence-electron chi connectivity index (χ3n) is 4.38. The van der Waals surface area contributed by atoms with Gasteiger partial charge < -0.3 is 4.74 Å². The fourth-order valence-corrected chi connectivity index (χ4v) is 3.16. The molecule has 2 nitrogen and oxygen atoms in total. The minimum absolute atomic E-state index is 0.218. The molecule has 0 fully saturated rings. The molecule has 0 spiro atoms. The number of benzene rings is 2. The molecule has 0 saturated heterocycles. The lowest BCUT2D eigenvalue weighted by Gasteiger charge is -2.24. The van der Waals surface area contributed by atoms with Crippen LogP contribution in [0, 0.1) is 0 Å². The number of aliphatic imine (C=N–C) groups is 1. The van der Waals surface area contributed by atoms with E-state index < -0.39 is 0 Å². The van der Waals surface area contributed by atoms with Crippen molar-refractivity contribution in [2.75, 3.05) is 7.11 Å². The molecule has 2 heteroatoms. The second-order valence-electron chi connectivity index (χ2n) is 6.33. The lowest BCUT2D eigenvalue weighted by molar-refractivity contribution is 0.414. The molecule has 0 saturated carbocycles. The zero-order valence-corrected chi connectivity index (χ0v) is 14.5. The molecule has 0 aromatic heterocycles. The molecule has 1 aliphatic rings. The van der Waals surface area contributed by atoms with E-state index in [2.05, 4.69) is 68.5 Å². The van der Waals surface area contributed by atoms with Crippen LogP contribution in [0.15, 0.2) is 71.7 Å². The molecule has 1 heterocycles. The minimum Gasteiger partial charge on any atom is -0.497 e. The van der Waals surface area contributed by atoms with Crippen molar-refractivity contribution in [3.8, 4) is 5.75 Å². The molecule has 1 atom stereocenters. The molecule has 3 rings (SSSR count). The van der Waals surface area contributed by atoms with Crippen LogP contribution in [0.2, 0.25) is 0 Å². The van der Waals surface area contributed by atoms with E-state index in [9.17, 15) is 0 Å². The zero-order chi connectivity index (χ0) is 17.0. The summed E-state index contributed by atoms with van der Waals surface area (Å²) in [6.45, 7) is 4.27. The fourth-order valence-electron chi connectivity index (χ4n) is 3.16. The molecule has 0 N–H and O–H groups in total. The highest BCUT2D eigenvalue weighted by atomic mass is 16.5. The normalized spacial score (nSPS) is 20.1. The maximum Gasteiger partial charge on any atom is 0.118 e. The van der Waals surface area contributed by atoms with Gasteiger partial charge in [0.1, 0.15) is 5.75 Å². The topological polar surface area (TPSA) is 21.6 Å². The van der Waals surface area contributed by atoms with Gasteiger partial charge in [-0.25, -0.2) is 0 Å². The molecule has 1 unspecified atom stereocenters. The highest BCUT2D eigenvalue weighted by Crippen LogP contribution is 2.38. The maximum atomic E-state index is 5.26. The van der Waals surface area contributed by atoms with Gasteiger partial charge in [-0.1, -0.05) is 54.6 Å². The first-order chi connectivity index (χ1) is 11.6. The van der Waals surface area contributed by atoms with Crippen LogP contribution in [0.5, 0.6) is 5.75 Å². The van der Waals surface area contributed by atoms with E-state index in [0.717, 1.165) is 17.9 Å². The Balaban J connectivity index is 1.81. The Bertz CT molecular complexity index is 784. The smallest absolute Gasteiger partial charge is 0.118 e. The van der Waals surface area contributed by atoms with Crippen molar-refractivity contribution in [3.05, 3.63) is 77.9 Å². The third-order valence-corrected chi connectivity index (χ3v) is 4.38. The predicted molar refractivity (Wildman–Crippen MR) is 103 cm³/mol. The highest BCUT2D eigenvalue weighted by Gasteiger charge is 2.32. The van der Waals surface area contributed by atoms with E-state index in [4.69, 9.17) is 9.73 Å². The molecular weight excluding hydrogens is 294 g/mol. The summed E-state index contributed by atoms with van der Waals surface area (Å²) in [6, 6.07) is 18.6. The van der Waals surface area contributed by atoms with Gasteiger partial charge >= 0.3 is 0 Å². The number of rotatable bonds is 5. The maximum absolute atomic E-state index is 5.26. The van der Waals surface area contributed by atoms with Crippen LogP contribution in [-0.4, -0.2) is 18.4 Å². The Morgan fingerprint density at radius 3 is 2.42 bits per heavy atom. The fraction of sp³-hybridized carbons (Fsp3) is 0.227. The lowest BCUT2D eigenvalue weighted by atomic mass is 9.85. The quantitative estimate of drug-likeness (QED) is 0.722. The molecule has 0 aliphatic carbocycles. The first kappa shape index (κ1) is 16.3. The number of ether oxygens (including phenoxy) is 1. The van der Waals surface area contributed by atoms with E-state index in [0.29, 0.717) is 0 Å². The number of hydrogen-bond acceptors (Lipinski definition) is 2. The third kappa shape index (κ3) is 3.48. The average molecular weight is 317 g/mol. The van der Waals surface area contributed by atoms with Crippen LogP contribution in [0.25, 0.3) is 11.6 Å². The van der Waals surface area contributed by atoms with E-state index in [1.807, 2.05) is 18.2 Å². The molecule has 0 bridgehead atoms. The first-order valence-corrected chi connectivity index (χ1v) is 8.25. The number of allylic oxidation sites excluding steroid dienone is 1. The molecular formula is C22H23NO. The van der Waals surface area contributed by atoms with Crippen LogP contribution in [0.1, 0.15) is 31.4 Å². The Morgan fingerprint density at radius 2 is 1.75 bits per heavy atom. The van der Waals surface area contributed by atoms with Crippen molar-refractivity contribution in [2.24, 2.45) is 4.99 Å². The standard InChI is InChI=1S/C22H23NO/c1-17-16-21(19-11-13-20(24-3)14-12-19)22(2,23-17)15-7-10-18-8-5-4-6-9-18/h4-14,16H,15H2,1-3H3/b10-7+.